The van der Waals surface area contributed by atoms with E-state index in [1.165, 1.54) is 21.3 Å². The van der Waals surface area contributed by atoms with Gasteiger partial charge in [0.2, 0.25) is 0 Å². The lowest BCUT2D eigenvalue weighted by Crippen LogP contribution is -2.70. The van der Waals surface area contributed by atoms with Crippen LogP contribution < -0.4 is 5.32 Å². The molecule has 1 aromatic heterocycles. The molecule has 0 unspecified atom stereocenters. The highest BCUT2D eigenvalue weighted by Gasteiger charge is 2.53. The normalized spacial score (nSPS) is 23.9. The summed E-state index contributed by atoms with van der Waals surface area (Å²) in [7, 11) is 1.69. The van der Waals surface area contributed by atoms with Crippen molar-refractivity contribution in [3.8, 4) is 0 Å². The van der Waals surface area contributed by atoms with E-state index in [9.17, 15) is 19.5 Å². The molecule has 2 N–H and O–H groups in total. The Hall–Kier alpha value is -2.29. The molecule has 1 saturated heterocycles. The molecule has 3 heterocycles. The molecule has 1 fully saturated rings. The highest BCUT2D eigenvalue weighted by atomic mass is 32.2. The lowest BCUT2D eigenvalue weighted by molar-refractivity contribution is -0.148. The predicted molar refractivity (Wildman–Crippen MR) is 77.9 cm³/mol. The van der Waals surface area contributed by atoms with E-state index in [1.807, 2.05) is 0 Å². The summed E-state index contributed by atoms with van der Waals surface area (Å²) in [5.74, 6) is -1.45. The van der Waals surface area contributed by atoms with Crippen LogP contribution in [-0.2, 0) is 16.6 Å². The number of β-lactam (4-membered cyclic amide) rings is 1. The van der Waals surface area contributed by atoms with Gasteiger partial charge in [-0.2, -0.15) is 5.10 Å². The van der Waals surface area contributed by atoms with E-state index in [4.69, 9.17) is 0 Å². The van der Waals surface area contributed by atoms with Crippen molar-refractivity contribution in [1.29, 1.82) is 0 Å². The van der Waals surface area contributed by atoms with Crippen LogP contribution in [0.3, 0.4) is 0 Å². The SMILES string of the molecule is CC1=C(C(=O)O)N2C(=O)[C@H](NC(=O)c3ccn(C)n3)[C@H]2SC1. The van der Waals surface area contributed by atoms with Crippen LogP contribution in [0.1, 0.15) is 17.4 Å². The summed E-state index contributed by atoms with van der Waals surface area (Å²) in [6, 6.07) is 0.832. The standard InChI is InChI=1S/C13H14N4O4S/c1-6-5-22-12-8(11(19)17(12)9(6)13(20)21)14-10(18)7-3-4-16(2)15-7/h3-4,8,12H,5H2,1-2H3,(H,14,18)(H,20,21)/t8-,12+/m0/s1. The van der Waals surface area contributed by atoms with E-state index in [-0.39, 0.29) is 16.8 Å². The van der Waals surface area contributed by atoms with Crippen LogP contribution in [-0.4, -0.2) is 54.7 Å². The number of amides is 2. The fourth-order valence-electron chi connectivity index (χ4n) is 2.53. The van der Waals surface area contributed by atoms with E-state index in [0.29, 0.717) is 11.3 Å². The molecule has 8 nitrogen and oxygen atoms in total. The third-order valence-electron chi connectivity index (χ3n) is 3.59. The van der Waals surface area contributed by atoms with Crippen molar-refractivity contribution in [2.24, 2.45) is 7.05 Å². The second-order valence-electron chi connectivity index (χ2n) is 5.17. The molecular weight excluding hydrogens is 308 g/mol. The Kier molecular flexibility index (Phi) is 3.44. The number of carboxylic acid groups (broad SMARTS) is 1. The van der Waals surface area contributed by atoms with E-state index < -0.39 is 23.8 Å². The maximum Gasteiger partial charge on any atom is 0.352 e. The van der Waals surface area contributed by atoms with Crippen molar-refractivity contribution in [1.82, 2.24) is 20.0 Å². The number of thioether (sulfide) groups is 1. The molecule has 9 heteroatoms. The minimum atomic E-state index is -1.12. The Bertz CT molecular complexity index is 711. The second-order valence-corrected chi connectivity index (χ2v) is 6.27. The lowest BCUT2D eigenvalue weighted by Gasteiger charge is -2.49. The summed E-state index contributed by atoms with van der Waals surface area (Å²) in [4.78, 5) is 36.8. The highest BCUT2D eigenvalue weighted by molar-refractivity contribution is 8.00. The van der Waals surface area contributed by atoms with Gasteiger partial charge in [-0.3, -0.25) is 19.2 Å². The molecule has 0 radical (unpaired) electrons. The van der Waals surface area contributed by atoms with Crippen LogP contribution >= 0.6 is 11.8 Å². The van der Waals surface area contributed by atoms with Crippen LogP contribution in [0, 0.1) is 0 Å². The predicted octanol–water partition coefficient (Wildman–Crippen LogP) is -0.208. The Labute approximate surface area is 130 Å². The number of hydrogen-bond acceptors (Lipinski definition) is 5. The number of nitrogens with zero attached hydrogens (tertiary/aromatic N) is 3. The van der Waals surface area contributed by atoms with Gasteiger partial charge in [0.05, 0.1) is 0 Å². The van der Waals surface area contributed by atoms with Crippen LogP contribution in [0.2, 0.25) is 0 Å². The summed E-state index contributed by atoms with van der Waals surface area (Å²) >= 11 is 1.44. The smallest absolute Gasteiger partial charge is 0.352 e. The first-order chi connectivity index (χ1) is 10.4. The van der Waals surface area contributed by atoms with Gasteiger partial charge < -0.3 is 10.4 Å². The minimum Gasteiger partial charge on any atom is -0.477 e. The average Bonchev–Trinajstić information content (AvgIpc) is 2.90. The maximum absolute atomic E-state index is 12.2. The first-order valence-corrected chi connectivity index (χ1v) is 7.63. The average molecular weight is 322 g/mol. The quantitative estimate of drug-likeness (QED) is 0.746. The van der Waals surface area contributed by atoms with Crippen LogP contribution in [0.5, 0.6) is 0 Å². The monoisotopic (exact) mass is 322 g/mol. The maximum atomic E-state index is 12.2. The number of rotatable bonds is 3. The molecule has 2 amide bonds. The number of carbonyl (C=O) groups excluding carboxylic acids is 2. The number of aromatic nitrogens is 2. The van der Waals surface area contributed by atoms with Gasteiger partial charge >= 0.3 is 5.97 Å². The van der Waals surface area contributed by atoms with E-state index >= 15 is 0 Å². The number of nitrogens with one attached hydrogen (secondary N) is 1. The first kappa shape index (κ1) is 14.6. The Balaban J connectivity index is 1.76. The molecule has 0 aromatic carbocycles. The van der Waals surface area contributed by atoms with Crippen LogP contribution in [0.4, 0.5) is 0 Å². The lowest BCUT2D eigenvalue weighted by atomic mass is 10.0. The molecule has 0 aliphatic carbocycles. The van der Waals surface area contributed by atoms with Crippen molar-refractivity contribution in [3.05, 3.63) is 29.2 Å². The van der Waals surface area contributed by atoms with Gasteiger partial charge in [-0.05, 0) is 18.6 Å². The van der Waals surface area contributed by atoms with E-state index in [2.05, 4.69) is 10.4 Å². The van der Waals surface area contributed by atoms with Crippen LogP contribution in [0.15, 0.2) is 23.5 Å². The van der Waals surface area contributed by atoms with Crippen molar-refractivity contribution in [3.63, 3.8) is 0 Å². The van der Waals surface area contributed by atoms with Gasteiger partial charge in [0.15, 0.2) is 0 Å². The molecule has 1 aromatic rings. The van der Waals surface area contributed by atoms with Crippen LogP contribution in [0.25, 0.3) is 0 Å². The molecule has 2 atom stereocenters. The molecule has 0 bridgehead atoms. The Morgan fingerprint density at radius 2 is 2.23 bits per heavy atom. The topological polar surface area (TPSA) is 105 Å². The van der Waals surface area contributed by atoms with Crippen molar-refractivity contribution in [2.75, 3.05) is 5.75 Å². The number of carbonyl (C=O) groups is 3. The third kappa shape index (κ3) is 2.17. The van der Waals surface area contributed by atoms with Gasteiger partial charge in [0.1, 0.15) is 22.8 Å². The van der Waals surface area contributed by atoms with Gasteiger partial charge in [0.25, 0.3) is 11.8 Å². The summed E-state index contributed by atoms with van der Waals surface area (Å²) in [6.07, 6.45) is 1.63. The number of hydrogen-bond donors (Lipinski definition) is 2. The molecular formula is C13H14N4O4S. The summed E-state index contributed by atoms with van der Waals surface area (Å²) < 4.78 is 1.49. The molecule has 22 heavy (non-hydrogen) atoms. The van der Waals surface area contributed by atoms with Gasteiger partial charge in [0, 0.05) is 19.0 Å². The van der Waals surface area contributed by atoms with Crippen molar-refractivity contribution in [2.45, 2.75) is 18.3 Å². The highest BCUT2D eigenvalue weighted by Crippen LogP contribution is 2.40. The minimum absolute atomic E-state index is 0.0251. The molecule has 2 aliphatic rings. The molecule has 116 valence electrons. The third-order valence-corrected chi connectivity index (χ3v) is 5.02. The fourth-order valence-corrected chi connectivity index (χ4v) is 3.82. The largest absolute Gasteiger partial charge is 0.477 e. The molecule has 2 aliphatic heterocycles. The Morgan fingerprint density at radius 1 is 1.50 bits per heavy atom. The van der Waals surface area contributed by atoms with E-state index in [1.54, 1.807) is 26.2 Å². The number of aliphatic carboxylic acids is 1. The molecule has 0 spiro atoms. The summed E-state index contributed by atoms with van der Waals surface area (Å²) in [5, 5.41) is 15.5. The van der Waals surface area contributed by atoms with Gasteiger partial charge in [-0.15, -0.1) is 11.8 Å². The summed E-state index contributed by atoms with van der Waals surface area (Å²) in [5.41, 5.74) is 0.897. The summed E-state index contributed by atoms with van der Waals surface area (Å²) in [6.45, 7) is 1.69. The fraction of sp³-hybridized carbons (Fsp3) is 0.385. The zero-order valence-electron chi connectivity index (χ0n) is 11.9. The number of aryl methyl sites for hydroxylation is 1. The molecule has 3 rings (SSSR count). The molecule has 0 saturated carbocycles. The number of carboxylic acids is 1. The van der Waals surface area contributed by atoms with Gasteiger partial charge in [-0.1, -0.05) is 0 Å². The van der Waals surface area contributed by atoms with E-state index in [0.717, 1.165) is 0 Å². The number of fused-ring (bicyclic) bond motifs is 1. The van der Waals surface area contributed by atoms with Crippen molar-refractivity contribution >= 4 is 29.5 Å². The zero-order chi connectivity index (χ0) is 16.0. The second kappa shape index (κ2) is 5.16. The van der Waals surface area contributed by atoms with Crippen molar-refractivity contribution < 1.29 is 19.5 Å². The van der Waals surface area contributed by atoms with Gasteiger partial charge in [-0.25, -0.2) is 4.79 Å². The first-order valence-electron chi connectivity index (χ1n) is 6.58. The zero-order valence-corrected chi connectivity index (χ0v) is 12.8. The Morgan fingerprint density at radius 3 is 2.82 bits per heavy atom.